The Hall–Kier alpha value is -7.76. The van der Waals surface area contributed by atoms with Gasteiger partial charge in [0.05, 0.1) is 33.5 Å². The molecule has 2 aliphatic rings. The molecule has 58 heavy (non-hydrogen) atoms. The molecule has 0 bridgehead atoms. The lowest BCUT2D eigenvalue weighted by Gasteiger charge is -2.48. The molecule has 0 unspecified atom stereocenters. The number of anilines is 3. The molecule has 2 aliphatic heterocycles. The average Bonchev–Trinajstić information content (AvgIpc) is 3.62. The number of aromatic nitrogens is 3. The summed E-state index contributed by atoms with van der Waals surface area (Å²) in [5, 5.41) is 2.21. The van der Waals surface area contributed by atoms with Crippen molar-refractivity contribution >= 4 is 38.9 Å². The van der Waals surface area contributed by atoms with Gasteiger partial charge in [0, 0.05) is 44.8 Å². The van der Waals surface area contributed by atoms with Crippen LogP contribution < -0.4 is 9.64 Å². The summed E-state index contributed by atoms with van der Waals surface area (Å²) in [5.74, 6) is 3.16. The summed E-state index contributed by atoms with van der Waals surface area (Å²) in [6.45, 7) is 0. The van der Waals surface area contributed by atoms with E-state index < -0.39 is 5.41 Å². The van der Waals surface area contributed by atoms with Gasteiger partial charge in [0.1, 0.15) is 17.3 Å². The van der Waals surface area contributed by atoms with Crippen LogP contribution in [0.2, 0.25) is 0 Å². The minimum absolute atomic E-state index is 0.672. The third-order valence-electron chi connectivity index (χ3n) is 11.8. The molecule has 12 rings (SSSR count). The Bertz CT molecular complexity index is 3110. The molecule has 0 N–H and O–H groups in total. The fraction of sp³-hybridized carbons (Fsp3) is 0.0189. The highest BCUT2D eigenvalue weighted by Gasteiger charge is 2.51. The molecular weight excluding hydrogens is 709 g/mol. The molecule has 10 aromatic rings. The molecule has 0 radical (unpaired) electrons. The van der Waals surface area contributed by atoms with Crippen molar-refractivity contribution in [3.63, 3.8) is 0 Å². The molecule has 2 aromatic heterocycles. The fourth-order valence-corrected chi connectivity index (χ4v) is 9.45. The monoisotopic (exact) mass is 742 g/mol. The maximum atomic E-state index is 7.02. The predicted molar refractivity (Wildman–Crippen MR) is 234 cm³/mol. The lowest BCUT2D eigenvalue weighted by atomic mass is 9.61. The Morgan fingerprint density at radius 2 is 1.00 bits per heavy atom. The summed E-state index contributed by atoms with van der Waals surface area (Å²) in [6.07, 6.45) is 0. The van der Waals surface area contributed by atoms with Crippen molar-refractivity contribution in [3.05, 3.63) is 229 Å². The van der Waals surface area contributed by atoms with Crippen LogP contribution in [-0.2, 0) is 5.41 Å². The second kappa shape index (κ2) is 12.6. The predicted octanol–water partition coefficient (Wildman–Crippen LogP) is 13.2. The third kappa shape index (κ3) is 4.64. The SMILES string of the molecule is c1ccc(-c2cc(-n3c4ccccc4c4cc5c(cc43)C3(c4ccccc4O5)c4ccccc4N(c4ccccc4)c4ccccc43)nc(-c3ccccc3)n2)cc1. The fourth-order valence-electron chi connectivity index (χ4n) is 9.45. The lowest BCUT2D eigenvalue weighted by molar-refractivity contribution is 0.435. The Morgan fingerprint density at radius 3 is 1.72 bits per heavy atom. The van der Waals surface area contributed by atoms with Gasteiger partial charge >= 0.3 is 0 Å². The van der Waals surface area contributed by atoms with E-state index in [-0.39, 0.29) is 0 Å². The zero-order valence-corrected chi connectivity index (χ0v) is 31.3. The van der Waals surface area contributed by atoms with Gasteiger partial charge in [-0.1, -0.05) is 152 Å². The first-order valence-corrected chi connectivity index (χ1v) is 19.7. The number of benzene rings is 8. The van der Waals surface area contributed by atoms with E-state index in [4.69, 9.17) is 14.7 Å². The van der Waals surface area contributed by atoms with E-state index in [1.54, 1.807) is 0 Å². The van der Waals surface area contributed by atoms with Gasteiger partial charge < -0.3 is 9.64 Å². The number of hydrogen-bond donors (Lipinski definition) is 0. The topological polar surface area (TPSA) is 43.2 Å². The van der Waals surface area contributed by atoms with Crippen LogP contribution in [0.5, 0.6) is 11.5 Å². The number of hydrogen-bond acceptors (Lipinski definition) is 4. The van der Waals surface area contributed by atoms with Crippen LogP contribution in [0.25, 0.3) is 50.3 Å². The van der Waals surface area contributed by atoms with Crippen LogP contribution in [-0.4, -0.2) is 14.5 Å². The molecule has 0 saturated heterocycles. The molecule has 5 heteroatoms. The normalized spacial score (nSPS) is 13.4. The largest absolute Gasteiger partial charge is 0.457 e. The standard InChI is InChI=1S/C53H34N4O/c1-4-18-35(19-5-1)44-34-51(55-52(54-44)36-20-6-2-7-21-36)57-45-28-14-10-24-38(45)39-32-50-43(33-48(39)57)53(42-27-13-17-31-49(42)58-50)40-25-11-15-29-46(40)56(37-22-8-3-9-23-37)47-30-16-12-26-41(47)53/h1-34H. The van der Waals surface area contributed by atoms with Crippen molar-refractivity contribution in [1.82, 2.24) is 14.5 Å². The van der Waals surface area contributed by atoms with Crippen molar-refractivity contribution in [3.8, 4) is 40.0 Å². The summed E-state index contributed by atoms with van der Waals surface area (Å²) < 4.78 is 9.34. The van der Waals surface area contributed by atoms with Crippen molar-refractivity contribution in [1.29, 1.82) is 0 Å². The Labute approximate surface area is 335 Å². The number of rotatable bonds is 4. The molecule has 8 aromatic carbocycles. The zero-order valence-electron chi connectivity index (χ0n) is 31.3. The van der Waals surface area contributed by atoms with E-state index >= 15 is 0 Å². The number of ether oxygens (including phenoxy) is 1. The minimum Gasteiger partial charge on any atom is -0.457 e. The van der Waals surface area contributed by atoms with Crippen LogP contribution in [0.3, 0.4) is 0 Å². The maximum Gasteiger partial charge on any atom is 0.162 e. The molecule has 0 aliphatic carbocycles. The van der Waals surface area contributed by atoms with Gasteiger partial charge in [0.25, 0.3) is 0 Å². The van der Waals surface area contributed by atoms with Crippen molar-refractivity contribution < 1.29 is 4.74 Å². The third-order valence-corrected chi connectivity index (χ3v) is 11.8. The summed E-state index contributed by atoms with van der Waals surface area (Å²) >= 11 is 0. The Balaban J connectivity index is 1.20. The van der Waals surface area contributed by atoms with Crippen LogP contribution in [0.4, 0.5) is 17.1 Å². The molecule has 0 saturated carbocycles. The molecular formula is C53H34N4O. The molecule has 5 nitrogen and oxygen atoms in total. The van der Waals surface area contributed by atoms with E-state index in [2.05, 4.69) is 191 Å². The number of nitrogens with zero attached hydrogens (tertiary/aromatic N) is 4. The van der Waals surface area contributed by atoms with Gasteiger partial charge in [-0.25, -0.2) is 9.97 Å². The highest BCUT2D eigenvalue weighted by Crippen LogP contribution is 2.63. The molecule has 4 heterocycles. The van der Waals surface area contributed by atoms with E-state index in [0.717, 1.165) is 84.1 Å². The first-order valence-electron chi connectivity index (χ1n) is 19.7. The quantitative estimate of drug-likeness (QED) is 0.180. The average molecular weight is 743 g/mol. The van der Waals surface area contributed by atoms with Crippen molar-refractivity contribution in [2.45, 2.75) is 5.41 Å². The summed E-state index contributed by atoms with van der Waals surface area (Å²) in [7, 11) is 0. The molecule has 272 valence electrons. The maximum absolute atomic E-state index is 7.02. The van der Waals surface area contributed by atoms with Gasteiger partial charge in [0.15, 0.2) is 5.82 Å². The van der Waals surface area contributed by atoms with Crippen LogP contribution >= 0.6 is 0 Å². The van der Waals surface area contributed by atoms with E-state index in [9.17, 15) is 0 Å². The van der Waals surface area contributed by atoms with Crippen molar-refractivity contribution in [2.75, 3.05) is 4.90 Å². The molecule has 0 amide bonds. The minimum atomic E-state index is -0.714. The Kier molecular flexibility index (Phi) is 7.07. The second-order valence-corrected chi connectivity index (χ2v) is 14.9. The van der Waals surface area contributed by atoms with E-state index in [1.165, 1.54) is 11.1 Å². The highest BCUT2D eigenvalue weighted by molar-refractivity contribution is 6.10. The van der Waals surface area contributed by atoms with Crippen LogP contribution in [0.1, 0.15) is 22.3 Å². The van der Waals surface area contributed by atoms with Crippen LogP contribution in [0.15, 0.2) is 206 Å². The van der Waals surface area contributed by atoms with Gasteiger partial charge in [-0.05, 0) is 59.7 Å². The summed E-state index contributed by atoms with van der Waals surface area (Å²) in [4.78, 5) is 12.9. The number of fused-ring (bicyclic) bond motifs is 11. The van der Waals surface area contributed by atoms with Crippen LogP contribution in [0, 0.1) is 0 Å². The highest BCUT2D eigenvalue weighted by atomic mass is 16.5. The summed E-state index contributed by atoms with van der Waals surface area (Å²) in [5.41, 5.74) is 12.2. The van der Waals surface area contributed by atoms with E-state index in [1.807, 2.05) is 24.3 Å². The molecule has 0 atom stereocenters. The molecule has 0 fully saturated rings. The van der Waals surface area contributed by atoms with Gasteiger partial charge in [0.2, 0.25) is 0 Å². The molecule has 1 spiro atoms. The lowest BCUT2D eigenvalue weighted by Crippen LogP contribution is -2.39. The van der Waals surface area contributed by atoms with Gasteiger partial charge in [-0.3, -0.25) is 4.57 Å². The Morgan fingerprint density at radius 1 is 0.414 bits per heavy atom. The number of para-hydroxylation sites is 5. The summed E-state index contributed by atoms with van der Waals surface area (Å²) in [6, 6.07) is 73.0. The first kappa shape index (κ1) is 32.5. The van der Waals surface area contributed by atoms with Gasteiger partial charge in [-0.2, -0.15) is 0 Å². The van der Waals surface area contributed by atoms with E-state index in [0.29, 0.717) is 5.82 Å². The zero-order chi connectivity index (χ0) is 38.2. The second-order valence-electron chi connectivity index (χ2n) is 14.9. The smallest absolute Gasteiger partial charge is 0.162 e. The van der Waals surface area contributed by atoms with Gasteiger partial charge in [-0.15, -0.1) is 0 Å². The first-order chi connectivity index (χ1) is 28.8. The van der Waals surface area contributed by atoms with Crippen molar-refractivity contribution in [2.24, 2.45) is 0 Å².